The predicted molar refractivity (Wildman–Crippen MR) is 68.8 cm³/mol. The largest absolute Gasteiger partial charge is 0.375 e. The Hall–Kier alpha value is -0.810. The third-order valence-corrected chi connectivity index (χ3v) is 3.44. The molecule has 19 heavy (non-hydrogen) atoms. The number of hydrogen-bond acceptors (Lipinski definition) is 3. The molecule has 1 aliphatic carbocycles. The summed E-state index contributed by atoms with van der Waals surface area (Å²) >= 11 is 5.98. The minimum absolute atomic E-state index is 0.189. The van der Waals surface area contributed by atoms with Crippen molar-refractivity contribution in [2.75, 3.05) is 13.2 Å². The lowest BCUT2D eigenvalue weighted by Gasteiger charge is -2.10. The maximum absolute atomic E-state index is 11.9. The number of rotatable bonds is 6. The summed E-state index contributed by atoms with van der Waals surface area (Å²) in [5.74, 6) is 1.03. The number of nitrogens with zero attached hydrogens (tertiary/aromatic N) is 2. The first kappa shape index (κ1) is 14.6. The second kappa shape index (κ2) is 7.10. The van der Waals surface area contributed by atoms with Gasteiger partial charge in [0.15, 0.2) is 0 Å². The van der Waals surface area contributed by atoms with Crippen LogP contribution in [0.1, 0.15) is 43.1 Å². The van der Waals surface area contributed by atoms with E-state index in [1.807, 2.05) is 0 Å². The van der Waals surface area contributed by atoms with E-state index in [0.717, 1.165) is 18.5 Å². The van der Waals surface area contributed by atoms with Crippen LogP contribution in [0.15, 0.2) is 6.07 Å². The molecule has 0 radical (unpaired) electrons. The van der Waals surface area contributed by atoms with Gasteiger partial charge < -0.3 is 4.74 Å². The first-order valence-electron chi connectivity index (χ1n) is 6.54. The molecule has 0 saturated heterocycles. The minimum Gasteiger partial charge on any atom is -0.375 e. The summed E-state index contributed by atoms with van der Waals surface area (Å²) in [6.07, 6.45) is 2.68. The molecule has 1 heterocycles. The van der Waals surface area contributed by atoms with Crippen molar-refractivity contribution in [1.29, 1.82) is 0 Å². The summed E-state index contributed by atoms with van der Waals surface area (Å²) in [7, 11) is 0. The van der Waals surface area contributed by atoms with Crippen LogP contribution in [0.25, 0.3) is 0 Å². The van der Waals surface area contributed by atoms with E-state index in [0.29, 0.717) is 23.3 Å². The second-order valence-electron chi connectivity index (χ2n) is 4.73. The number of alkyl halides is 2. The summed E-state index contributed by atoms with van der Waals surface area (Å²) in [4.78, 5) is 8.58. The first-order chi connectivity index (χ1) is 9.15. The smallest absolute Gasteiger partial charge is 0.261 e. The van der Waals surface area contributed by atoms with Crippen LogP contribution < -0.4 is 0 Å². The molecule has 0 N–H and O–H groups in total. The maximum atomic E-state index is 11.9. The van der Waals surface area contributed by atoms with Gasteiger partial charge in [0, 0.05) is 18.0 Å². The normalized spacial score (nSPS) is 16.4. The lowest BCUT2D eigenvalue weighted by Crippen LogP contribution is -2.10. The third-order valence-electron chi connectivity index (χ3n) is 3.25. The first-order valence-corrected chi connectivity index (χ1v) is 6.92. The van der Waals surface area contributed by atoms with E-state index in [4.69, 9.17) is 16.3 Å². The molecule has 2 rings (SSSR count). The second-order valence-corrected chi connectivity index (χ2v) is 5.12. The molecule has 1 fully saturated rings. The number of hydrogen-bond donors (Lipinski definition) is 0. The Morgan fingerprint density at radius 3 is 2.74 bits per heavy atom. The van der Waals surface area contributed by atoms with E-state index in [1.54, 1.807) is 6.07 Å². The van der Waals surface area contributed by atoms with Crippen molar-refractivity contribution in [3.05, 3.63) is 22.7 Å². The lowest BCUT2D eigenvalue weighted by molar-refractivity contribution is 0.0182. The monoisotopic (exact) mass is 290 g/mol. The number of aromatic nitrogens is 2. The predicted octanol–water partition coefficient (Wildman–Crippen LogP) is 3.61. The van der Waals surface area contributed by atoms with E-state index in [1.165, 1.54) is 12.8 Å². The van der Waals surface area contributed by atoms with Gasteiger partial charge in [0.1, 0.15) is 17.6 Å². The van der Waals surface area contributed by atoms with Crippen LogP contribution in [0.5, 0.6) is 0 Å². The molecule has 1 aliphatic rings. The van der Waals surface area contributed by atoms with Gasteiger partial charge in [0.05, 0.1) is 6.61 Å². The van der Waals surface area contributed by atoms with Crippen molar-refractivity contribution in [2.45, 2.75) is 44.4 Å². The lowest BCUT2D eigenvalue weighted by atomic mass is 10.0. The van der Waals surface area contributed by atoms with Gasteiger partial charge in [-0.25, -0.2) is 18.7 Å². The van der Waals surface area contributed by atoms with Crippen LogP contribution >= 0.6 is 11.6 Å². The Bertz CT molecular complexity index is 412. The number of ether oxygens (including phenoxy) is 1. The highest BCUT2D eigenvalue weighted by Gasteiger charge is 2.19. The van der Waals surface area contributed by atoms with Crippen molar-refractivity contribution >= 4 is 11.6 Å². The highest BCUT2D eigenvalue weighted by atomic mass is 35.5. The van der Waals surface area contributed by atoms with Crippen molar-refractivity contribution in [3.63, 3.8) is 0 Å². The summed E-state index contributed by atoms with van der Waals surface area (Å²) in [6, 6.07) is 1.81. The minimum atomic E-state index is -2.44. The van der Waals surface area contributed by atoms with E-state index in [2.05, 4.69) is 9.97 Å². The Balaban J connectivity index is 1.92. The Labute approximate surface area is 116 Å². The Morgan fingerprint density at radius 1 is 1.32 bits per heavy atom. The molecule has 0 aromatic carbocycles. The molecule has 0 unspecified atom stereocenters. The maximum Gasteiger partial charge on any atom is 0.261 e. The standard InChI is InChI=1S/C13H17ClF2N2O/c14-11-7-10(9-3-1-2-4-9)17-13(18-11)5-6-19-8-12(15)16/h7,9,12H,1-6,8H2. The zero-order chi connectivity index (χ0) is 13.7. The average Bonchev–Trinajstić information content (AvgIpc) is 2.87. The van der Waals surface area contributed by atoms with Crippen LogP contribution in [0.2, 0.25) is 5.15 Å². The molecule has 106 valence electrons. The van der Waals surface area contributed by atoms with E-state index >= 15 is 0 Å². The van der Waals surface area contributed by atoms with Gasteiger partial charge >= 0.3 is 0 Å². The molecule has 0 atom stereocenters. The van der Waals surface area contributed by atoms with Crippen LogP contribution in [0, 0.1) is 0 Å². The quantitative estimate of drug-likeness (QED) is 0.593. The zero-order valence-electron chi connectivity index (χ0n) is 10.6. The third kappa shape index (κ3) is 4.66. The fourth-order valence-electron chi connectivity index (χ4n) is 2.36. The molecular formula is C13H17ClF2N2O. The van der Waals surface area contributed by atoms with Crippen molar-refractivity contribution in [1.82, 2.24) is 9.97 Å². The SMILES string of the molecule is FC(F)COCCc1nc(Cl)cc(C2CCCC2)n1. The Kier molecular flexibility index (Phi) is 5.45. The fraction of sp³-hybridized carbons (Fsp3) is 0.692. The Morgan fingerprint density at radius 2 is 2.05 bits per heavy atom. The van der Waals surface area contributed by atoms with Gasteiger partial charge in [-0.05, 0) is 18.9 Å². The van der Waals surface area contributed by atoms with Gasteiger partial charge in [-0.1, -0.05) is 24.4 Å². The molecule has 0 amide bonds. The van der Waals surface area contributed by atoms with Crippen molar-refractivity contribution in [2.24, 2.45) is 0 Å². The van der Waals surface area contributed by atoms with E-state index in [9.17, 15) is 8.78 Å². The fourth-order valence-corrected chi connectivity index (χ4v) is 2.57. The average molecular weight is 291 g/mol. The van der Waals surface area contributed by atoms with Gasteiger partial charge in [-0.3, -0.25) is 0 Å². The molecular weight excluding hydrogens is 274 g/mol. The number of halogens is 3. The molecule has 3 nitrogen and oxygen atoms in total. The molecule has 1 saturated carbocycles. The summed E-state index contributed by atoms with van der Waals surface area (Å²) < 4.78 is 28.7. The molecule has 1 aromatic heterocycles. The molecule has 0 spiro atoms. The zero-order valence-corrected chi connectivity index (χ0v) is 11.4. The van der Waals surface area contributed by atoms with E-state index < -0.39 is 13.0 Å². The van der Waals surface area contributed by atoms with Crippen LogP contribution in [0.4, 0.5) is 8.78 Å². The molecule has 6 heteroatoms. The van der Waals surface area contributed by atoms with Crippen LogP contribution in [0.3, 0.4) is 0 Å². The van der Waals surface area contributed by atoms with Crippen molar-refractivity contribution < 1.29 is 13.5 Å². The summed E-state index contributed by atoms with van der Waals surface area (Å²) in [6.45, 7) is -0.356. The molecule has 0 bridgehead atoms. The van der Waals surface area contributed by atoms with Crippen LogP contribution in [-0.2, 0) is 11.2 Å². The van der Waals surface area contributed by atoms with E-state index in [-0.39, 0.29) is 6.61 Å². The highest BCUT2D eigenvalue weighted by Crippen LogP contribution is 2.33. The molecule has 0 aliphatic heterocycles. The summed E-state index contributed by atoms with van der Waals surface area (Å²) in [5.41, 5.74) is 0.973. The van der Waals surface area contributed by atoms with Crippen LogP contribution in [-0.4, -0.2) is 29.6 Å². The summed E-state index contributed by atoms with van der Waals surface area (Å²) in [5, 5.41) is 0.417. The van der Waals surface area contributed by atoms with Gasteiger partial charge in [0.25, 0.3) is 6.43 Å². The van der Waals surface area contributed by atoms with Gasteiger partial charge in [-0.2, -0.15) is 0 Å². The highest BCUT2D eigenvalue weighted by molar-refractivity contribution is 6.29. The van der Waals surface area contributed by atoms with Gasteiger partial charge in [0.2, 0.25) is 0 Å². The van der Waals surface area contributed by atoms with Crippen molar-refractivity contribution in [3.8, 4) is 0 Å². The topological polar surface area (TPSA) is 35.0 Å². The molecule has 1 aromatic rings. The van der Waals surface area contributed by atoms with Gasteiger partial charge in [-0.15, -0.1) is 0 Å².